The van der Waals surface area contributed by atoms with Gasteiger partial charge in [0, 0.05) is 10.4 Å². The summed E-state index contributed by atoms with van der Waals surface area (Å²) in [5.41, 5.74) is 2.64. The molecule has 0 spiro atoms. The average molecular weight is 485 g/mol. The number of carbonyl (C=O) groups is 2. The third kappa shape index (κ3) is 5.45. The standard InChI is InChI=1S/C22H20N4O3S3/c1-13-20(14-7-9-15(29-2)10-8-14)26-22(31-13)25-19(28)12-30-11-18(27)24-21-23-16-5-3-4-6-17(16)32-21/h3-10H,11-12H2,1-2H3,(H,23,24,27)(H,25,26,28). The van der Waals surface area contributed by atoms with Crippen molar-refractivity contribution >= 4 is 66.7 Å². The van der Waals surface area contributed by atoms with Crippen molar-refractivity contribution in [2.45, 2.75) is 6.92 Å². The highest BCUT2D eigenvalue weighted by atomic mass is 32.2. The van der Waals surface area contributed by atoms with E-state index in [0.29, 0.717) is 10.3 Å². The molecular weight excluding hydrogens is 464 g/mol. The first-order valence-electron chi connectivity index (χ1n) is 9.66. The minimum Gasteiger partial charge on any atom is -0.497 e. The monoisotopic (exact) mass is 484 g/mol. The molecule has 0 aliphatic rings. The van der Waals surface area contributed by atoms with Gasteiger partial charge in [0.1, 0.15) is 5.75 Å². The smallest absolute Gasteiger partial charge is 0.236 e. The Hall–Kier alpha value is -2.95. The van der Waals surface area contributed by atoms with E-state index in [1.807, 2.05) is 55.5 Å². The fourth-order valence-electron chi connectivity index (χ4n) is 2.94. The minimum absolute atomic E-state index is 0.157. The molecule has 7 nitrogen and oxygen atoms in total. The van der Waals surface area contributed by atoms with Crippen LogP contribution in [0.3, 0.4) is 0 Å². The second-order valence-electron chi connectivity index (χ2n) is 6.73. The van der Waals surface area contributed by atoms with E-state index < -0.39 is 0 Å². The number of hydrogen-bond donors (Lipinski definition) is 2. The molecule has 2 heterocycles. The maximum atomic E-state index is 12.3. The number of carbonyl (C=O) groups excluding carboxylic acids is 2. The van der Waals surface area contributed by atoms with Gasteiger partial charge in [-0.15, -0.1) is 23.1 Å². The molecule has 10 heteroatoms. The van der Waals surface area contributed by atoms with Gasteiger partial charge in [0.15, 0.2) is 10.3 Å². The summed E-state index contributed by atoms with van der Waals surface area (Å²) in [5.74, 6) is 0.715. The molecule has 2 aromatic carbocycles. The number of anilines is 2. The quantitative estimate of drug-likeness (QED) is 0.364. The highest BCUT2D eigenvalue weighted by molar-refractivity contribution is 8.00. The maximum absolute atomic E-state index is 12.3. The van der Waals surface area contributed by atoms with Gasteiger partial charge in [-0.25, -0.2) is 9.97 Å². The van der Waals surface area contributed by atoms with Crippen LogP contribution in [-0.4, -0.2) is 40.4 Å². The summed E-state index contributed by atoms with van der Waals surface area (Å²) in [6.45, 7) is 1.97. The summed E-state index contributed by atoms with van der Waals surface area (Å²) >= 11 is 4.09. The maximum Gasteiger partial charge on any atom is 0.236 e. The van der Waals surface area contributed by atoms with E-state index in [2.05, 4.69) is 20.6 Å². The summed E-state index contributed by atoms with van der Waals surface area (Å²) in [5, 5.41) is 6.71. The first-order chi connectivity index (χ1) is 15.5. The number of fused-ring (bicyclic) bond motifs is 1. The molecule has 4 rings (SSSR count). The lowest BCUT2D eigenvalue weighted by molar-refractivity contribution is -0.114. The Morgan fingerprint density at radius 1 is 0.938 bits per heavy atom. The van der Waals surface area contributed by atoms with Crippen LogP contribution in [0.15, 0.2) is 48.5 Å². The predicted octanol–water partition coefficient (Wildman–Crippen LogP) is 5.05. The molecule has 4 aromatic rings. The van der Waals surface area contributed by atoms with Crippen molar-refractivity contribution in [1.29, 1.82) is 0 Å². The molecule has 2 N–H and O–H groups in total. The first kappa shape index (κ1) is 22.3. The third-order valence-electron chi connectivity index (χ3n) is 4.41. The van der Waals surface area contributed by atoms with Crippen LogP contribution in [0.1, 0.15) is 4.88 Å². The molecule has 0 saturated heterocycles. The Bertz CT molecular complexity index is 1220. The van der Waals surface area contributed by atoms with Crippen molar-refractivity contribution < 1.29 is 14.3 Å². The Morgan fingerprint density at radius 3 is 2.25 bits per heavy atom. The highest BCUT2D eigenvalue weighted by Crippen LogP contribution is 2.31. The zero-order valence-electron chi connectivity index (χ0n) is 17.4. The summed E-state index contributed by atoms with van der Waals surface area (Å²) in [7, 11) is 1.62. The number of rotatable bonds is 8. The number of thioether (sulfide) groups is 1. The van der Waals surface area contributed by atoms with Gasteiger partial charge in [-0.05, 0) is 43.3 Å². The normalized spacial score (nSPS) is 10.8. The first-order valence-corrected chi connectivity index (χ1v) is 12.5. The Balaban J connectivity index is 1.26. The van der Waals surface area contributed by atoms with Gasteiger partial charge in [-0.2, -0.15) is 0 Å². The van der Waals surface area contributed by atoms with Crippen molar-refractivity contribution in [3.63, 3.8) is 0 Å². The van der Waals surface area contributed by atoms with Crippen molar-refractivity contribution in [2.75, 3.05) is 29.2 Å². The third-order valence-corrected chi connectivity index (χ3v) is 7.18. The summed E-state index contributed by atoms with van der Waals surface area (Å²) in [4.78, 5) is 34.4. The average Bonchev–Trinajstić information content (AvgIpc) is 3.35. The van der Waals surface area contributed by atoms with Crippen molar-refractivity contribution in [1.82, 2.24) is 9.97 Å². The Labute approximate surface area is 197 Å². The summed E-state index contributed by atoms with van der Waals surface area (Å²) in [6.07, 6.45) is 0. The number of aromatic nitrogens is 2. The predicted molar refractivity (Wildman–Crippen MR) is 133 cm³/mol. The molecule has 0 bridgehead atoms. The molecule has 0 atom stereocenters. The molecule has 0 aliphatic carbocycles. The Kier molecular flexibility index (Phi) is 7.03. The molecule has 2 amide bonds. The van der Waals surface area contributed by atoms with Crippen molar-refractivity contribution in [2.24, 2.45) is 0 Å². The zero-order chi connectivity index (χ0) is 22.5. The number of nitrogens with one attached hydrogen (secondary N) is 2. The van der Waals surface area contributed by atoms with E-state index in [0.717, 1.165) is 32.1 Å². The van der Waals surface area contributed by atoms with E-state index in [1.54, 1.807) is 7.11 Å². The summed E-state index contributed by atoms with van der Waals surface area (Å²) in [6, 6.07) is 15.3. The Morgan fingerprint density at radius 2 is 1.59 bits per heavy atom. The largest absolute Gasteiger partial charge is 0.497 e. The number of methoxy groups -OCH3 is 1. The minimum atomic E-state index is -0.196. The second-order valence-corrected chi connectivity index (χ2v) is 9.95. The molecule has 164 valence electrons. The van der Waals surface area contributed by atoms with Crippen LogP contribution in [0.2, 0.25) is 0 Å². The molecule has 0 saturated carbocycles. The number of benzene rings is 2. The number of nitrogens with zero attached hydrogens (tertiary/aromatic N) is 2. The van der Waals surface area contributed by atoms with Gasteiger partial charge in [-0.1, -0.05) is 23.5 Å². The van der Waals surface area contributed by atoms with Crippen molar-refractivity contribution in [3.05, 3.63) is 53.4 Å². The SMILES string of the molecule is COc1ccc(-c2nc(NC(=O)CSCC(=O)Nc3nc4ccccc4s3)sc2C)cc1. The van der Waals surface area contributed by atoms with Crippen LogP contribution in [0, 0.1) is 6.92 Å². The molecule has 2 aromatic heterocycles. The number of para-hydroxylation sites is 1. The van der Waals surface area contributed by atoms with Crippen LogP contribution < -0.4 is 15.4 Å². The van der Waals surface area contributed by atoms with E-state index >= 15 is 0 Å². The van der Waals surface area contributed by atoms with Gasteiger partial charge in [-0.3, -0.25) is 9.59 Å². The van der Waals surface area contributed by atoms with Crippen LogP contribution in [-0.2, 0) is 9.59 Å². The topological polar surface area (TPSA) is 93.2 Å². The van der Waals surface area contributed by atoms with Gasteiger partial charge in [0.05, 0.1) is 34.5 Å². The van der Waals surface area contributed by atoms with Crippen LogP contribution in [0.5, 0.6) is 5.75 Å². The van der Waals surface area contributed by atoms with E-state index in [1.165, 1.54) is 34.4 Å². The fourth-order valence-corrected chi connectivity index (χ4v) is 5.29. The number of amides is 2. The van der Waals surface area contributed by atoms with Gasteiger partial charge >= 0.3 is 0 Å². The second kappa shape index (κ2) is 10.1. The van der Waals surface area contributed by atoms with E-state index in [9.17, 15) is 9.59 Å². The molecule has 0 fully saturated rings. The van der Waals surface area contributed by atoms with Crippen molar-refractivity contribution in [3.8, 4) is 17.0 Å². The fraction of sp³-hybridized carbons (Fsp3) is 0.182. The van der Waals surface area contributed by atoms with Gasteiger partial charge in [0.2, 0.25) is 11.8 Å². The highest BCUT2D eigenvalue weighted by Gasteiger charge is 2.13. The molecule has 0 aliphatic heterocycles. The molecule has 0 unspecified atom stereocenters. The zero-order valence-corrected chi connectivity index (χ0v) is 19.8. The lowest BCUT2D eigenvalue weighted by atomic mass is 10.1. The van der Waals surface area contributed by atoms with Crippen LogP contribution in [0.4, 0.5) is 10.3 Å². The number of ether oxygens (including phenoxy) is 1. The van der Waals surface area contributed by atoms with Gasteiger partial charge in [0.25, 0.3) is 0 Å². The van der Waals surface area contributed by atoms with E-state index in [4.69, 9.17) is 4.74 Å². The number of hydrogen-bond acceptors (Lipinski definition) is 8. The lowest BCUT2D eigenvalue weighted by Crippen LogP contribution is -2.18. The molecular formula is C22H20N4O3S3. The molecule has 0 radical (unpaired) electrons. The number of aryl methyl sites for hydroxylation is 1. The summed E-state index contributed by atoms with van der Waals surface area (Å²) < 4.78 is 6.20. The number of thiazole rings is 2. The van der Waals surface area contributed by atoms with Crippen LogP contribution in [0.25, 0.3) is 21.5 Å². The lowest BCUT2D eigenvalue weighted by Gasteiger charge is -2.03. The van der Waals surface area contributed by atoms with Gasteiger partial charge < -0.3 is 15.4 Å². The van der Waals surface area contributed by atoms with Crippen LogP contribution >= 0.6 is 34.4 Å². The molecule has 32 heavy (non-hydrogen) atoms. The van der Waals surface area contributed by atoms with E-state index in [-0.39, 0.29) is 23.3 Å².